The molecule has 1 aromatic heterocycles. The van der Waals surface area contributed by atoms with Crippen molar-refractivity contribution in [2.75, 3.05) is 14.2 Å². The first kappa shape index (κ1) is 16.8. The molecule has 0 radical (unpaired) electrons. The van der Waals surface area contributed by atoms with Crippen molar-refractivity contribution in [3.63, 3.8) is 0 Å². The first-order chi connectivity index (χ1) is 10.3. The molecule has 0 aliphatic carbocycles. The van der Waals surface area contributed by atoms with E-state index >= 15 is 0 Å². The fourth-order valence-electron chi connectivity index (χ4n) is 2.11. The molecule has 0 fully saturated rings. The molecule has 0 atom stereocenters. The molecule has 0 aliphatic heterocycles. The molecule has 0 unspecified atom stereocenters. The van der Waals surface area contributed by atoms with Gasteiger partial charge in [-0.15, -0.1) is 0 Å². The zero-order chi connectivity index (χ0) is 16.5. The zero-order valence-corrected chi connectivity index (χ0v) is 15.2. The van der Waals surface area contributed by atoms with E-state index in [-0.39, 0.29) is 10.6 Å². The summed E-state index contributed by atoms with van der Waals surface area (Å²) in [7, 11) is -0.927. The molecule has 1 aromatic carbocycles. The Bertz CT molecular complexity index is 799. The Morgan fingerprint density at radius 2 is 1.86 bits per heavy atom. The number of aromatic nitrogens is 2. The Labute approximate surface area is 138 Å². The molecule has 0 amide bonds. The summed E-state index contributed by atoms with van der Waals surface area (Å²) in [5.74, 6) is 1.12. The molecule has 0 bridgehead atoms. The molecule has 120 valence electrons. The van der Waals surface area contributed by atoms with Crippen LogP contribution in [0.2, 0.25) is 0 Å². The first-order valence-electron chi connectivity index (χ1n) is 6.57. The Balaban J connectivity index is 2.72. The van der Waals surface area contributed by atoms with Crippen molar-refractivity contribution in [3.05, 3.63) is 34.3 Å². The van der Waals surface area contributed by atoms with E-state index in [9.17, 15) is 8.42 Å². The standard InChI is InChI=1S/C14H17BrN2O4S/c1-5-14-16-9(2)8-17(14)22(18,19)13-7-11(20-3)10(15)6-12(13)21-4/h6-8H,5H2,1-4H3. The third kappa shape index (κ3) is 2.85. The minimum atomic E-state index is -3.82. The quantitative estimate of drug-likeness (QED) is 0.787. The Morgan fingerprint density at radius 3 is 2.41 bits per heavy atom. The zero-order valence-electron chi connectivity index (χ0n) is 12.8. The van der Waals surface area contributed by atoms with E-state index in [4.69, 9.17) is 9.47 Å². The van der Waals surface area contributed by atoms with Gasteiger partial charge in [0.1, 0.15) is 22.2 Å². The van der Waals surface area contributed by atoms with E-state index in [1.807, 2.05) is 6.92 Å². The predicted octanol–water partition coefficient (Wildman–Crippen LogP) is 2.77. The number of hydrogen-bond acceptors (Lipinski definition) is 5. The molecule has 6 nitrogen and oxygen atoms in total. The van der Waals surface area contributed by atoms with Gasteiger partial charge in [0.2, 0.25) is 0 Å². The van der Waals surface area contributed by atoms with Crippen molar-refractivity contribution in [2.45, 2.75) is 25.2 Å². The fraction of sp³-hybridized carbons (Fsp3) is 0.357. The van der Waals surface area contributed by atoms with Crippen LogP contribution in [0.25, 0.3) is 0 Å². The molecular weight excluding hydrogens is 372 g/mol. The van der Waals surface area contributed by atoms with Crippen LogP contribution in [0.4, 0.5) is 0 Å². The number of methoxy groups -OCH3 is 2. The summed E-state index contributed by atoms with van der Waals surface area (Å²) in [6.07, 6.45) is 2.01. The maximum Gasteiger partial charge on any atom is 0.272 e. The molecule has 1 heterocycles. The maximum absolute atomic E-state index is 13.0. The van der Waals surface area contributed by atoms with Crippen molar-refractivity contribution in [3.8, 4) is 11.5 Å². The van der Waals surface area contributed by atoms with Crippen molar-refractivity contribution in [1.29, 1.82) is 0 Å². The van der Waals surface area contributed by atoms with Gasteiger partial charge >= 0.3 is 0 Å². The van der Waals surface area contributed by atoms with Crippen LogP contribution in [0.3, 0.4) is 0 Å². The second kappa shape index (κ2) is 6.29. The van der Waals surface area contributed by atoms with Crippen LogP contribution in [0.15, 0.2) is 27.7 Å². The largest absolute Gasteiger partial charge is 0.496 e. The van der Waals surface area contributed by atoms with Crippen molar-refractivity contribution >= 4 is 26.0 Å². The van der Waals surface area contributed by atoms with E-state index in [1.165, 1.54) is 30.5 Å². The molecule has 0 saturated heterocycles. The van der Waals surface area contributed by atoms with E-state index in [0.717, 1.165) is 0 Å². The van der Waals surface area contributed by atoms with E-state index in [0.29, 0.717) is 28.2 Å². The lowest BCUT2D eigenvalue weighted by Gasteiger charge is -2.14. The fourth-order valence-corrected chi connectivity index (χ4v) is 4.20. The van der Waals surface area contributed by atoms with Gasteiger partial charge in [-0.2, -0.15) is 0 Å². The minimum absolute atomic E-state index is 0.0298. The van der Waals surface area contributed by atoms with Crippen LogP contribution in [-0.2, 0) is 16.4 Å². The number of ether oxygens (including phenoxy) is 2. The van der Waals surface area contributed by atoms with E-state index in [2.05, 4.69) is 20.9 Å². The number of imidazole rings is 1. The maximum atomic E-state index is 13.0. The average molecular weight is 389 g/mol. The second-order valence-corrected chi connectivity index (χ2v) is 7.23. The van der Waals surface area contributed by atoms with Crippen molar-refractivity contribution in [2.24, 2.45) is 0 Å². The summed E-state index contributed by atoms with van der Waals surface area (Å²) >= 11 is 3.32. The molecule has 0 aliphatic rings. The van der Waals surface area contributed by atoms with Crippen LogP contribution < -0.4 is 9.47 Å². The highest BCUT2D eigenvalue weighted by Crippen LogP contribution is 2.36. The first-order valence-corrected chi connectivity index (χ1v) is 8.80. The Morgan fingerprint density at radius 1 is 1.23 bits per heavy atom. The lowest BCUT2D eigenvalue weighted by Crippen LogP contribution is -2.16. The molecule has 22 heavy (non-hydrogen) atoms. The van der Waals surface area contributed by atoms with E-state index in [1.54, 1.807) is 13.0 Å². The third-order valence-electron chi connectivity index (χ3n) is 3.16. The smallest absolute Gasteiger partial charge is 0.272 e. The van der Waals surface area contributed by atoms with Gasteiger partial charge in [0, 0.05) is 18.7 Å². The van der Waals surface area contributed by atoms with Crippen LogP contribution in [0, 0.1) is 6.92 Å². The third-order valence-corrected chi connectivity index (χ3v) is 5.48. The van der Waals surface area contributed by atoms with Crippen molar-refractivity contribution in [1.82, 2.24) is 8.96 Å². The van der Waals surface area contributed by atoms with Gasteiger partial charge < -0.3 is 9.47 Å². The molecule has 8 heteroatoms. The molecule has 0 spiro atoms. The number of benzene rings is 1. The van der Waals surface area contributed by atoms with Gasteiger partial charge in [0.05, 0.1) is 24.4 Å². The van der Waals surface area contributed by atoms with Crippen molar-refractivity contribution < 1.29 is 17.9 Å². The number of aryl methyl sites for hydroxylation is 2. The average Bonchev–Trinajstić information content (AvgIpc) is 2.88. The SMILES string of the molecule is CCc1nc(C)cn1S(=O)(=O)c1cc(OC)c(Br)cc1OC. The molecule has 0 saturated carbocycles. The molecular formula is C14H17BrN2O4S. The summed E-state index contributed by atoms with van der Waals surface area (Å²) in [4.78, 5) is 4.27. The number of hydrogen-bond donors (Lipinski definition) is 0. The Hall–Kier alpha value is -1.54. The normalized spacial score (nSPS) is 11.5. The highest BCUT2D eigenvalue weighted by atomic mass is 79.9. The number of rotatable bonds is 5. The van der Waals surface area contributed by atoms with Gasteiger partial charge in [-0.05, 0) is 28.9 Å². The van der Waals surface area contributed by atoms with Crippen LogP contribution in [0.5, 0.6) is 11.5 Å². The number of nitrogens with zero attached hydrogens (tertiary/aromatic N) is 2. The number of halogens is 1. The monoisotopic (exact) mass is 388 g/mol. The summed E-state index contributed by atoms with van der Waals surface area (Å²) in [6, 6.07) is 3.01. The predicted molar refractivity (Wildman–Crippen MR) is 86.2 cm³/mol. The highest BCUT2D eigenvalue weighted by molar-refractivity contribution is 9.10. The van der Waals surface area contributed by atoms with Gasteiger partial charge in [-0.1, -0.05) is 6.92 Å². The van der Waals surface area contributed by atoms with Gasteiger partial charge in [-0.3, -0.25) is 0 Å². The highest BCUT2D eigenvalue weighted by Gasteiger charge is 2.26. The van der Waals surface area contributed by atoms with Crippen LogP contribution in [0.1, 0.15) is 18.4 Å². The lowest BCUT2D eigenvalue weighted by atomic mass is 10.3. The lowest BCUT2D eigenvalue weighted by molar-refractivity contribution is 0.390. The molecule has 2 aromatic rings. The summed E-state index contributed by atoms with van der Waals surface area (Å²) in [5.41, 5.74) is 0.642. The van der Waals surface area contributed by atoms with Crippen LogP contribution in [-0.4, -0.2) is 31.6 Å². The minimum Gasteiger partial charge on any atom is -0.496 e. The Kier molecular flexibility index (Phi) is 4.81. The summed E-state index contributed by atoms with van der Waals surface area (Å²) in [6.45, 7) is 3.61. The van der Waals surface area contributed by atoms with Gasteiger partial charge in [-0.25, -0.2) is 17.4 Å². The van der Waals surface area contributed by atoms with Gasteiger partial charge in [0.15, 0.2) is 0 Å². The topological polar surface area (TPSA) is 70.4 Å². The van der Waals surface area contributed by atoms with Gasteiger partial charge in [0.25, 0.3) is 10.0 Å². The molecule has 2 rings (SSSR count). The molecule has 0 N–H and O–H groups in total. The summed E-state index contributed by atoms with van der Waals surface area (Å²) in [5, 5.41) is 0. The van der Waals surface area contributed by atoms with E-state index < -0.39 is 10.0 Å². The second-order valence-electron chi connectivity index (χ2n) is 4.59. The summed E-state index contributed by atoms with van der Waals surface area (Å²) < 4.78 is 38.1. The van der Waals surface area contributed by atoms with Crippen LogP contribution >= 0.6 is 15.9 Å².